The summed E-state index contributed by atoms with van der Waals surface area (Å²) in [5.41, 5.74) is -0.196. The van der Waals surface area contributed by atoms with Crippen LogP contribution in [0.1, 0.15) is 42.5 Å². The van der Waals surface area contributed by atoms with Crippen LogP contribution in [0.15, 0.2) is 18.2 Å². The van der Waals surface area contributed by atoms with E-state index in [1.165, 1.54) is 0 Å². The van der Waals surface area contributed by atoms with Crippen molar-refractivity contribution in [2.75, 3.05) is 13.2 Å². The summed E-state index contributed by atoms with van der Waals surface area (Å²) in [6.07, 6.45) is 4.49. The number of halogens is 2. The Morgan fingerprint density at radius 1 is 1.30 bits per heavy atom. The summed E-state index contributed by atoms with van der Waals surface area (Å²) in [5, 5.41) is 10.3. The van der Waals surface area contributed by atoms with Gasteiger partial charge in [0.15, 0.2) is 0 Å². The van der Waals surface area contributed by atoms with Crippen molar-refractivity contribution < 1.29 is 9.53 Å². The third-order valence-corrected chi connectivity index (χ3v) is 5.58. The fourth-order valence-corrected chi connectivity index (χ4v) is 4.00. The lowest BCUT2D eigenvalue weighted by molar-refractivity contribution is -0.128. The van der Waals surface area contributed by atoms with Crippen molar-refractivity contribution in [3.63, 3.8) is 0 Å². The molecule has 0 aliphatic carbocycles. The molecule has 2 heterocycles. The SMILES string of the molecule is N#C[C@H]1N(C(=O)c2cccc(Cl)c2Cl)CCC[C@]12CCCCO2. The van der Waals surface area contributed by atoms with E-state index in [9.17, 15) is 10.1 Å². The van der Waals surface area contributed by atoms with E-state index in [-0.39, 0.29) is 10.9 Å². The molecule has 0 bridgehead atoms. The van der Waals surface area contributed by atoms with Crippen molar-refractivity contribution in [1.82, 2.24) is 4.90 Å². The molecule has 2 saturated heterocycles. The highest BCUT2D eigenvalue weighted by Crippen LogP contribution is 2.39. The number of carbonyl (C=O) groups is 1. The van der Waals surface area contributed by atoms with Crippen LogP contribution >= 0.6 is 23.2 Å². The number of piperidine rings is 1. The average molecular weight is 353 g/mol. The zero-order valence-electron chi connectivity index (χ0n) is 12.7. The number of rotatable bonds is 1. The standard InChI is InChI=1S/C17H18Cl2N2O2/c18-13-6-3-5-12(15(13)19)16(22)21-9-4-8-17(14(21)11-20)7-1-2-10-23-17/h3,5-6,14H,1-2,4,7-10H2/t14-,17-/m1/s1. The number of hydrogen-bond donors (Lipinski definition) is 0. The number of nitrogens with zero attached hydrogens (tertiary/aromatic N) is 2. The first-order chi connectivity index (χ1) is 11.1. The van der Waals surface area contributed by atoms with Gasteiger partial charge in [-0.25, -0.2) is 0 Å². The number of likely N-dealkylation sites (tertiary alicyclic amines) is 1. The van der Waals surface area contributed by atoms with E-state index in [2.05, 4.69) is 6.07 Å². The molecule has 4 nitrogen and oxygen atoms in total. The van der Waals surface area contributed by atoms with Gasteiger partial charge in [-0.15, -0.1) is 0 Å². The largest absolute Gasteiger partial charge is 0.372 e. The minimum absolute atomic E-state index is 0.236. The maximum Gasteiger partial charge on any atom is 0.256 e. The van der Waals surface area contributed by atoms with Crippen LogP contribution < -0.4 is 0 Å². The van der Waals surface area contributed by atoms with Crippen molar-refractivity contribution in [1.29, 1.82) is 5.26 Å². The Morgan fingerprint density at radius 3 is 2.78 bits per heavy atom. The van der Waals surface area contributed by atoms with E-state index in [0.29, 0.717) is 23.7 Å². The highest BCUT2D eigenvalue weighted by Gasteiger charge is 2.48. The van der Waals surface area contributed by atoms with Crippen molar-refractivity contribution in [3.05, 3.63) is 33.8 Å². The Bertz CT molecular complexity index is 645. The molecule has 6 heteroatoms. The average Bonchev–Trinajstić information content (AvgIpc) is 2.57. The first-order valence-electron chi connectivity index (χ1n) is 7.88. The fourth-order valence-electron chi connectivity index (χ4n) is 3.61. The normalized spacial score (nSPS) is 27.7. The quantitative estimate of drug-likeness (QED) is 0.765. The molecule has 2 atom stereocenters. The molecule has 0 unspecified atom stereocenters. The van der Waals surface area contributed by atoms with Crippen LogP contribution in [0.2, 0.25) is 10.0 Å². The molecule has 2 aliphatic heterocycles. The lowest BCUT2D eigenvalue weighted by Crippen LogP contribution is -2.60. The first kappa shape index (κ1) is 16.6. The van der Waals surface area contributed by atoms with Crippen LogP contribution in [-0.2, 0) is 4.74 Å². The van der Waals surface area contributed by atoms with Gasteiger partial charge in [0.25, 0.3) is 5.91 Å². The zero-order chi connectivity index (χ0) is 16.4. The molecule has 2 fully saturated rings. The maximum atomic E-state index is 12.9. The number of ether oxygens (including phenoxy) is 1. The summed E-state index contributed by atoms with van der Waals surface area (Å²) >= 11 is 12.2. The third-order valence-electron chi connectivity index (χ3n) is 4.76. The summed E-state index contributed by atoms with van der Waals surface area (Å²) in [4.78, 5) is 14.5. The highest BCUT2D eigenvalue weighted by molar-refractivity contribution is 6.43. The summed E-state index contributed by atoms with van der Waals surface area (Å²) in [6, 6.07) is 6.70. The van der Waals surface area contributed by atoms with E-state index in [4.69, 9.17) is 27.9 Å². The van der Waals surface area contributed by atoms with Crippen molar-refractivity contribution >= 4 is 29.1 Å². The lowest BCUT2D eigenvalue weighted by atomic mass is 9.79. The summed E-state index contributed by atoms with van der Waals surface area (Å²) in [5.74, 6) is -0.253. The number of amides is 1. The van der Waals surface area contributed by atoms with Crippen molar-refractivity contribution in [2.24, 2.45) is 0 Å². The Kier molecular flexibility index (Phi) is 4.82. The molecule has 23 heavy (non-hydrogen) atoms. The molecule has 0 aromatic heterocycles. The number of benzene rings is 1. The Hall–Kier alpha value is -1.28. The summed E-state index contributed by atoms with van der Waals surface area (Å²) in [6.45, 7) is 1.18. The van der Waals surface area contributed by atoms with Gasteiger partial charge in [-0.2, -0.15) is 5.26 Å². The van der Waals surface area contributed by atoms with Gasteiger partial charge in [-0.3, -0.25) is 4.79 Å². The van der Waals surface area contributed by atoms with Crippen molar-refractivity contribution in [3.8, 4) is 6.07 Å². The van der Waals surface area contributed by atoms with E-state index in [1.807, 2.05) is 0 Å². The smallest absolute Gasteiger partial charge is 0.256 e. The van der Waals surface area contributed by atoms with Crippen LogP contribution in [0.4, 0.5) is 0 Å². The third kappa shape index (κ3) is 2.94. The van der Waals surface area contributed by atoms with E-state index in [0.717, 1.165) is 32.1 Å². The minimum atomic E-state index is -0.584. The van der Waals surface area contributed by atoms with E-state index < -0.39 is 11.6 Å². The zero-order valence-corrected chi connectivity index (χ0v) is 14.2. The van der Waals surface area contributed by atoms with Crippen LogP contribution in [0.3, 0.4) is 0 Å². The molecular weight excluding hydrogens is 335 g/mol. The van der Waals surface area contributed by atoms with Gasteiger partial charge in [0.1, 0.15) is 11.6 Å². The van der Waals surface area contributed by atoms with Gasteiger partial charge in [-0.1, -0.05) is 29.3 Å². The minimum Gasteiger partial charge on any atom is -0.372 e. The number of hydrogen-bond acceptors (Lipinski definition) is 3. The molecule has 1 amide bonds. The molecule has 0 saturated carbocycles. The molecule has 1 aromatic rings. The van der Waals surface area contributed by atoms with Crippen molar-refractivity contribution in [2.45, 2.75) is 43.7 Å². The topological polar surface area (TPSA) is 53.3 Å². The number of carbonyl (C=O) groups excluding carboxylic acids is 1. The second-order valence-corrected chi connectivity index (χ2v) is 6.89. The molecule has 122 valence electrons. The Morgan fingerprint density at radius 2 is 2.09 bits per heavy atom. The predicted molar refractivity (Wildman–Crippen MR) is 88.7 cm³/mol. The molecule has 0 radical (unpaired) electrons. The molecule has 2 aliphatic rings. The Labute approximate surface area is 145 Å². The number of nitriles is 1. The predicted octanol–water partition coefficient (Wildman–Crippen LogP) is 4.06. The summed E-state index contributed by atoms with van der Waals surface area (Å²) < 4.78 is 6.00. The van der Waals surface area contributed by atoms with Gasteiger partial charge in [0, 0.05) is 13.2 Å². The molecule has 1 spiro atoms. The van der Waals surface area contributed by atoms with Gasteiger partial charge in [0.2, 0.25) is 0 Å². The van der Waals surface area contributed by atoms with Gasteiger partial charge < -0.3 is 9.64 Å². The van der Waals surface area contributed by atoms with Gasteiger partial charge in [0.05, 0.1) is 21.7 Å². The second kappa shape index (κ2) is 6.68. The van der Waals surface area contributed by atoms with E-state index in [1.54, 1.807) is 23.1 Å². The Balaban J connectivity index is 1.93. The van der Waals surface area contributed by atoms with E-state index >= 15 is 0 Å². The second-order valence-electron chi connectivity index (χ2n) is 6.11. The molecular formula is C17H18Cl2N2O2. The summed E-state index contributed by atoms with van der Waals surface area (Å²) in [7, 11) is 0. The molecule has 0 N–H and O–H groups in total. The highest BCUT2D eigenvalue weighted by atomic mass is 35.5. The fraction of sp³-hybridized carbons (Fsp3) is 0.529. The maximum absolute atomic E-state index is 12.9. The first-order valence-corrected chi connectivity index (χ1v) is 8.63. The monoisotopic (exact) mass is 352 g/mol. The van der Waals surface area contributed by atoms with Gasteiger partial charge in [-0.05, 0) is 44.2 Å². The van der Waals surface area contributed by atoms with Crippen LogP contribution in [0, 0.1) is 11.3 Å². The van der Waals surface area contributed by atoms with Crippen LogP contribution in [0.25, 0.3) is 0 Å². The lowest BCUT2D eigenvalue weighted by Gasteiger charge is -2.48. The van der Waals surface area contributed by atoms with Crippen LogP contribution in [0.5, 0.6) is 0 Å². The molecule has 1 aromatic carbocycles. The van der Waals surface area contributed by atoms with Crippen LogP contribution in [-0.4, -0.2) is 35.6 Å². The molecule has 3 rings (SSSR count). The van der Waals surface area contributed by atoms with Gasteiger partial charge >= 0.3 is 0 Å².